The summed E-state index contributed by atoms with van der Waals surface area (Å²) in [4.78, 5) is 21.6. The Hall–Kier alpha value is -2.44. The highest BCUT2D eigenvalue weighted by Gasteiger charge is 2.21. The molecule has 0 fully saturated rings. The molecule has 7 heteroatoms. The maximum Gasteiger partial charge on any atom is 0.323 e. The Balaban J connectivity index is 1.96. The van der Waals surface area contributed by atoms with Gasteiger partial charge in [-0.3, -0.25) is 15.3 Å². The van der Waals surface area contributed by atoms with E-state index < -0.39 is 0 Å². The molecule has 21 heavy (non-hydrogen) atoms. The molecule has 0 bridgehead atoms. The second-order valence-electron chi connectivity index (χ2n) is 5.81. The molecule has 0 unspecified atom stereocenters. The van der Waals surface area contributed by atoms with Crippen LogP contribution in [-0.4, -0.2) is 33.1 Å². The zero-order valence-corrected chi connectivity index (χ0v) is 12.6. The number of anilines is 1. The van der Waals surface area contributed by atoms with Gasteiger partial charge in [0.1, 0.15) is 5.76 Å². The van der Waals surface area contributed by atoms with E-state index >= 15 is 0 Å². The average Bonchev–Trinajstić information content (AvgIpc) is 2.88. The minimum absolute atomic E-state index is 0.151. The molecule has 2 rings (SSSR count). The smallest absolute Gasteiger partial charge is 0.323 e. The predicted molar refractivity (Wildman–Crippen MR) is 77.7 cm³/mol. The van der Waals surface area contributed by atoms with Gasteiger partial charge in [0.15, 0.2) is 5.82 Å². The molecule has 1 N–H and O–H groups in total. The quantitative estimate of drug-likeness (QED) is 0.938. The highest BCUT2D eigenvalue weighted by atomic mass is 16.5. The van der Waals surface area contributed by atoms with Gasteiger partial charge in [-0.15, -0.1) is 0 Å². The highest BCUT2D eigenvalue weighted by Crippen LogP contribution is 2.24. The molecule has 7 nitrogen and oxygen atoms in total. The average molecular weight is 289 g/mol. The van der Waals surface area contributed by atoms with Crippen molar-refractivity contribution in [3.05, 3.63) is 36.1 Å². The van der Waals surface area contributed by atoms with E-state index in [-0.39, 0.29) is 11.4 Å². The summed E-state index contributed by atoms with van der Waals surface area (Å²) in [7, 11) is 1.68. The van der Waals surface area contributed by atoms with Crippen molar-refractivity contribution in [2.24, 2.45) is 0 Å². The molecule has 0 saturated heterocycles. The van der Waals surface area contributed by atoms with Crippen LogP contribution < -0.4 is 5.32 Å². The molecular weight excluding hydrogens is 270 g/mol. The summed E-state index contributed by atoms with van der Waals surface area (Å²) in [6, 6.07) is 1.45. The van der Waals surface area contributed by atoms with Crippen LogP contribution in [0.5, 0.6) is 0 Å². The van der Waals surface area contributed by atoms with Gasteiger partial charge in [0.2, 0.25) is 0 Å². The fourth-order valence-electron chi connectivity index (χ4n) is 1.62. The van der Waals surface area contributed by atoms with E-state index in [4.69, 9.17) is 4.52 Å². The summed E-state index contributed by atoms with van der Waals surface area (Å²) >= 11 is 0. The van der Waals surface area contributed by atoms with Crippen LogP contribution in [0.25, 0.3) is 0 Å². The summed E-state index contributed by atoms with van der Waals surface area (Å²) < 4.78 is 5.22. The van der Waals surface area contributed by atoms with Crippen molar-refractivity contribution in [1.82, 2.24) is 20.0 Å². The molecule has 0 atom stereocenters. The van der Waals surface area contributed by atoms with Crippen LogP contribution in [0, 0.1) is 0 Å². The summed E-state index contributed by atoms with van der Waals surface area (Å²) in [6.45, 7) is 6.40. The van der Waals surface area contributed by atoms with E-state index in [1.807, 2.05) is 20.8 Å². The van der Waals surface area contributed by atoms with Crippen molar-refractivity contribution in [3.63, 3.8) is 0 Å². The second kappa shape index (κ2) is 5.90. The maximum absolute atomic E-state index is 12.1. The van der Waals surface area contributed by atoms with Gasteiger partial charge in [-0.2, -0.15) is 0 Å². The number of nitrogens with one attached hydrogen (secondary N) is 1. The largest absolute Gasteiger partial charge is 0.359 e. The highest BCUT2D eigenvalue weighted by molar-refractivity contribution is 5.88. The van der Waals surface area contributed by atoms with Gasteiger partial charge in [0.25, 0.3) is 0 Å². The normalized spacial score (nSPS) is 11.2. The number of urea groups is 1. The number of aromatic nitrogens is 3. The van der Waals surface area contributed by atoms with Gasteiger partial charge >= 0.3 is 6.03 Å². The zero-order chi connectivity index (χ0) is 15.5. The molecule has 2 amide bonds. The lowest BCUT2D eigenvalue weighted by molar-refractivity contribution is 0.220. The molecule has 0 aromatic carbocycles. The molecule has 0 spiro atoms. The van der Waals surface area contributed by atoms with Crippen molar-refractivity contribution in [1.29, 1.82) is 0 Å². The topological polar surface area (TPSA) is 84.2 Å². The SMILES string of the molecule is CN(Cc1cnccn1)C(=O)Nc1cc(C(C)(C)C)on1. The lowest BCUT2D eigenvalue weighted by Gasteiger charge is -2.16. The monoisotopic (exact) mass is 289 g/mol. The van der Waals surface area contributed by atoms with E-state index in [9.17, 15) is 4.79 Å². The third-order valence-electron chi connectivity index (χ3n) is 2.85. The van der Waals surface area contributed by atoms with Crippen LogP contribution in [0.2, 0.25) is 0 Å². The lowest BCUT2D eigenvalue weighted by Crippen LogP contribution is -2.31. The Kier molecular flexibility index (Phi) is 4.21. The van der Waals surface area contributed by atoms with Crippen molar-refractivity contribution < 1.29 is 9.32 Å². The van der Waals surface area contributed by atoms with Crippen molar-refractivity contribution in [2.45, 2.75) is 32.7 Å². The molecule has 2 aromatic heterocycles. The maximum atomic E-state index is 12.1. The summed E-state index contributed by atoms with van der Waals surface area (Å²) in [6.07, 6.45) is 4.80. The Bertz CT molecular complexity index is 603. The van der Waals surface area contributed by atoms with Gasteiger partial charge in [0, 0.05) is 30.9 Å². The first-order valence-corrected chi connectivity index (χ1v) is 6.60. The Morgan fingerprint density at radius 3 is 2.71 bits per heavy atom. The zero-order valence-electron chi connectivity index (χ0n) is 12.6. The van der Waals surface area contributed by atoms with Crippen LogP contribution in [0.1, 0.15) is 32.2 Å². The number of nitrogens with zero attached hydrogens (tertiary/aromatic N) is 4. The molecule has 0 saturated carbocycles. The first-order chi connectivity index (χ1) is 9.86. The first-order valence-electron chi connectivity index (χ1n) is 6.60. The van der Waals surface area contributed by atoms with Gasteiger partial charge in [-0.05, 0) is 0 Å². The molecule has 112 valence electrons. The molecule has 2 heterocycles. The standard InChI is InChI=1S/C14H19N5O2/c1-14(2,3)11-7-12(18-21-11)17-13(20)19(4)9-10-8-15-5-6-16-10/h5-8H,9H2,1-4H3,(H,17,18,20). The summed E-state index contributed by atoms with van der Waals surface area (Å²) in [5, 5.41) is 6.54. The fraction of sp³-hybridized carbons (Fsp3) is 0.429. The number of carbonyl (C=O) groups excluding carboxylic acids is 1. The Morgan fingerprint density at radius 1 is 1.38 bits per heavy atom. The molecule has 0 aliphatic carbocycles. The van der Waals surface area contributed by atoms with Crippen LogP contribution in [-0.2, 0) is 12.0 Å². The van der Waals surface area contributed by atoms with Crippen molar-refractivity contribution >= 4 is 11.8 Å². The third kappa shape index (κ3) is 4.01. The molecule has 0 aliphatic heterocycles. The van der Waals surface area contributed by atoms with Gasteiger partial charge in [0.05, 0.1) is 18.4 Å². The number of hydrogen-bond acceptors (Lipinski definition) is 5. The lowest BCUT2D eigenvalue weighted by atomic mass is 9.93. The molecular formula is C14H19N5O2. The van der Waals surface area contributed by atoms with Crippen LogP contribution in [0.15, 0.2) is 29.2 Å². The fourth-order valence-corrected chi connectivity index (χ4v) is 1.62. The predicted octanol–water partition coefficient (Wildman–Crippen LogP) is 2.43. The second-order valence-corrected chi connectivity index (χ2v) is 5.81. The van der Waals surface area contributed by atoms with E-state index in [1.165, 1.54) is 4.90 Å². The number of hydrogen-bond donors (Lipinski definition) is 1. The third-order valence-corrected chi connectivity index (χ3v) is 2.85. The Labute approximate surface area is 123 Å². The first kappa shape index (κ1) is 15.0. The molecule has 2 aromatic rings. The van der Waals surface area contributed by atoms with Gasteiger partial charge < -0.3 is 9.42 Å². The Morgan fingerprint density at radius 2 is 2.14 bits per heavy atom. The van der Waals surface area contributed by atoms with E-state index in [1.54, 1.807) is 31.7 Å². The summed E-state index contributed by atoms with van der Waals surface area (Å²) in [5.74, 6) is 1.12. The van der Waals surface area contributed by atoms with E-state index in [0.717, 1.165) is 5.76 Å². The number of amides is 2. The van der Waals surface area contributed by atoms with Crippen LogP contribution in [0.3, 0.4) is 0 Å². The molecule has 0 aliphatic rings. The minimum Gasteiger partial charge on any atom is -0.359 e. The number of carbonyl (C=O) groups is 1. The van der Waals surface area contributed by atoms with E-state index in [2.05, 4.69) is 20.4 Å². The van der Waals surface area contributed by atoms with Crippen molar-refractivity contribution in [3.8, 4) is 0 Å². The van der Waals surface area contributed by atoms with Crippen LogP contribution in [0.4, 0.5) is 10.6 Å². The van der Waals surface area contributed by atoms with Gasteiger partial charge in [-0.25, -0.2) is 4.79 Å². The van der Waals surface area contributed by atoms with Gasteiger partial charge in [-0.1, -0.05) is 25.9 Å². The van der Waals surface area contributed by atoms with Crippen LogP contribution >= 0.6 is 0 Å². The van der Waals surface area contributed by atoms with E-state index in [0.29, 0.717) is 18.1 Å². The molecule has 0 radical (unpaired) electrons. The summed E-state index contributed by atoms with van der Waals surface area (Å²) in [5.41, 5.74) is 0.562. The minimum atomic E-state index is -0.283. The number of rotatable bonds is 3. The van der Waals surface area contributed by atoms with Crippen molar-refractivity contribution in [2.75, 3.05) is 12.4 Å².